The molecule has 2 N–H and O–H groups in total. The number of aliphatic hydroxyl groups excluding tert-OH is 2. The minimum Gasteiger partial charge on any atom is -0.392 e. The number of hydrogen-bond donors (Lipinski definition) is 2. The van der Waals surface area contributed by atoms with E-state index in [0.717, 1.165) is 41.5 Å². The van der Waals surface area contributed by atoms with Gasteiger partial charge in [-0.15, -0.1) is 6.58 Å². The van der Waals surface area contributed by atoms with Crippen molar-refractivity contribution in [3.05, 3.63) is 54.2 Å². The maximum Gasteiger partial charge on any atom is 0.0952 e. The lowest BCUT2D eigenvalue weighted by atomic mass is 9.73. The van der Waals surface area contributed by atoms with E-state index in [4.69, 9.17) is 0 Å². The van der Waals surface area contributed by atoms with Crippen molar-refractivity contribution in [2.75, 3.05) is 13.1 Å². The van der Waals surface area contributed by atoms with Gasteiger partial charge in [0, 0.05) is 24.2 Å². The summed E-state index contributed by atoms with van der Waals surface area (Å²) in [6.07, 6.45) is 5.53. The third-order valence-electron chi connectivity index (χ3n) is 5.86. The zero-order valence-corrected chi connectivity index (χ0v) is 13.8. The molecule has 134 valence electrons. The summed E-state index contributed by atoms with van der Waals surface area (Å²) in [5, 5.41) is 21.5. The van der Waals surface area contributed by atoms with Crippen LogP contribution >= 0.6 is 0 Å². The summed E-state index contributed by atoms with van der Waals surface area (Å²) < 4.78 is 0. The molecule has 3 fully saturated rings. The zero-order valence-electron chi connectivity index (χ0n) is 13.8. The topological polar surface area (TPSA) is 56.6 Å². The molecule has 0 saturated carbocycles. The number of nitrogens with zero attached hydrogens (tertiary/aromatic N) is 2. The summed E-state index contributed by atoms with van der Waals surface area (Å²) in [4.78, 5) is 6.81. The van der Waals surface area contributed by atoms with Crippen LogP contribution < -0.4 is 0 Å². The minimum absolute atomic E-state index is 0. The molecule has 0 amide bonds. The van der Waals surface area contributed by atoms with Gasteiger partial charge in [-0.2, -0.15) is 0 Å². The Hall–Kier alpha value is -1.75. The van der Waals surface area contributed by atoms with Gasteiger partial charge in [-0.3, -0.25) is 9.88 Å². The molecule has 1 aromatic heterocycles. The van der Waals surface area contributed by atoms with Crippen LogP contribution in [0.3, 0.4) is 0 Å². The highest BCUT2D eigenvalue weighted by atomic mass is 16.3. The Kier molecular flexibility index (Phi) is 5.23. The highest BCUT2D eigenvalue weighted by Crippen LogP contribution is 2.42. The fourth-order valence-corrected chi connectivity index (χ4v) is 4.48. The Balaban J connectivity index is 0.00000182. The molecular weight excluding hydrogens is 312 g/mol. The van der Waals surface area contributed by atoms with E-state index in [2.05, 4.69) is 22.5 Å². The van der Waals surface area contributed by atoms with Crippen molar-refractivity contribution >= 4 is 10.9 Å². The summed E-state index contributed by atoms with van der Waals surface area (Å²) in [6, 6.07) is 7.82. The first kappa shape index (κ1) is 18.1. The molecule has 1 aromatic carbocycles. The number of piperidine rings is 3. The molecule has 3 aliphatic rings. The largest absolute Gasteiger partial charge is 0.392 e. The lowest BCUT2D eigenvalue weighted by Gasteiger charge is -2.50. The van der Waals surface area contributed by atoms with Gasteiger partial charge in [0.1, 0.15) is 0 Å². The molecule has 0 radical (unpaired) electrons. The molecule has 3 aliphatic heterocycles. The molecule has 4 heterocycles. The van der Waals surface area contributed by atoms with E-state index in [9.17, 15) is 10.2 Å². The van der Waals surface area contributed by atoms with Crippen LogP contribution in [0, 0.1) is 11.8 Å². The molecule has 4 nitrogen and oxygen atoms in total. The summed E-state index contributed by atoms with van der Waals surface area (Å²) in [6.45, 7) is 6.03. The van der Waals surface area contributed by atoms with Gasteiger partial charge in [0.25, 0.3) is 0 Å². The Morgan fingerprint density at radius 3 is 2.88 bits per heavy atom. The number of fused-ring (bicyclic) bond motifs is 4. The van der Waals surface area contributed by atoms with E-state index in [1.807, 2.05) is 24.3 Å². The van der Waals surface area contributed by atoms with Gasteiger partial charge in [-0.1, -0.05) is 19.6 Å². The van der Waals surface area contributed by atoms with Crippen LogP contribution in [0.15, 0.2) is 43.1 Å². The second kappa shape index (κ2) is 7.24. The highest BCUT2D eigenvalue weighted by Gasteiger charge is 2.42. The molecule has 0 spiro atoms. The van der Waals surface area contributed by atoms with Crippen molar-refractivity contribution in [1.29, 1.82) is 0 Å². The van der Waals surface area contributed by atoms with E-state index in [-0.39, 0.29) is 20.1 Å². The monoisotopic (exact) mass is 340 g/mol. The lowest BCUT2D eigenvalue weighted by molar-refractivity contribution is -0.0444. The van der Waals surface area contributed by atoms with Crippen LogP contribution in [-0.4, -0.2) is 39.2 Å². The lowest BCUT2D eigenvalue weighted by Crippen LogP contribution is -2.54. The van der Waals surface area contributed by atoms with Crippen molar-refractivity contribution in [2.24, 2.45) is 11.8 Å². The van der Waals surface area contributed by atoms with Gasteiger partial charge in [0.2, 0.25) is 0 Å². The maximum absolute atomic E-state index is 11.1. The number of hydrogen-bond acceptors (Lipinski definition) is 4. The smallest absolute Gasteiger partial charge is 0.0952 e. The number of aliphatic hydroxyl groups is 2. The molecule has 3 saturated heterocycles. The first-order valence-electron chi connectivity index (χ1n) is 8.74. The second-order valence-electron chi connectivity index (χ2n) is 7.10. The zero-order chi connectivity index (χ0) is 16.7. The van der Waals surface area contributed by atoms with Gasteiger partial charge < -0.3 is 10.2 Å². The number of benzene rings is 1. The van der Waals surface area contributed by atoms with E-state index < -0.39 is 6.10 Å². The average Bonchev–Trinajstić information content (AvgIpc) is 2.66. The summed E-state index contributed by atoms with van der Waals surface area (Å²) in [5.41, 5.74) is 2.63. The molecule has 2 aromatic rings. The predicted molar refractivity (Wildman–Crippen MR) is 101 cm³/mol. The minimum atomic E-state index is -0.530. The third-order valence-corrected chi connectivity index (χ3v) is 5.86. The van der Waals surface area contributed by atoms with Crippen molar-refractivity contribution in [2.45, 2.75) is 39.0 Å². The van der Waals surface area contributed by atoms with Crippen molar-refractivity contribution in [3.8, 4) is 0 Å². The summed E-state index contributed by atoms with van der Waals surface area (Å²) >= 11 is 0. The maximum atomic E-state index is 11.1. The standard InChI is InChI=1S/C20H24N2O2.CH4/c1-2-14-11-22-8-6-15(14)10-19(22)20(24)16-5-7-21-18-4-3-13(12-23)9-17(16)18;/h2-5,7,9,14-15,19-20,23-24H,1,6,8,10-12H2;1H4/t14-,15?,19-,20-;/m0./s1. The number of pyridine rings is 1. The van der Waals surface area contributed by atoms with E-state index >= 15 is 0 Å². The van der Waals surface area contributed by atoms with Crippen molar-refractivity contribution < 1.29 is 10.2 Å². The van der Waals surface area contributed by atoms with Gasteiger partial charge in [0.15, 0.2) is 0 Å². The number of aromatic nitrogens is 1. The Bertz CT molecular complexity index is 761. The normalized spacial score (nSPS) is 29.2. The molecule has 0 aliphatic carbocycles. The Labute approximate surface area is 149 Å². The van der Waals surface area contributed by atoms with Crippen LogP contribution in [0.25, 0.3) is 10.9 Å². The Morgan fingerprint density at radius 2 is 2.20 bits per heavy atom. The van der Waals surface area contributed by atoms with Crippen molar-refractivity contribution in [3.63, 3.8) is 0 Å². The molecular formula is C21H28N2O2. The molecule has 5 rings (SSSR count). The van der Waals surface area contributed by atoms with E-state index in [1.165, 1.54) is 6.42 Å². The fraction of sp³-hybridized carbons (Fsp3) is 0.476. The van der Waals surface area contributed by atoms with Crippen LogP contribution in [0.5, 0.6) is 0 Å². The molecule has 2 bridgehead atoms. The van der Waals surface area contributed by atoms with Crippen LogP contribution in [0.1, 0.15) is 37.5 Å². The van der Waals surface area contributed by atoms with Gasteiger partial charge in [0.05, 0.1) is 18.2 Å². The quantitative estimate of drug-likeness (QED) is 0.839. The van der Waals surface area contributed by atoms with E-state index in [0.29, 0.717) is 11.8 Å². The van der Waals surface area contributed by atoms with Gasteiger partial charge in [-0.25, -0.2) is 0 Å². The first-order chi connectivity index (χ1) is 11.7. The third kappa shape index (κ3) is 3.10. The van der Waals surface area contributed by atoms with E-state index in [1.54, 1.807) is 6.20 Å². The van der Waals surface area contributed by atoms with Crippen molar-refractivity contribution in [1.82, 2.24) is 9.88 Å². The van der Waals surface area contributed by atoms with Crippen LogP contribution in [0.2, 0.25) is 0 Å². The SMILES string of the molecule is C.C=C[C@H]1CN2CCC1C[C@H]2[C@@H](O)c1ccnc2ccc(CO)cc12. The molecule has 25 heavy (non-hydrogen) atoms. The molecule has 2 unspecified atom stereocenters. The van der Waals surface area contributed by atoms with Gasteiger partial charge >= 0.3 is 0 Å². The van der Waals surface area contributed by atoms with Crippen LogP contribution in [-0.2, 0) is 6.61 Å². The number of rotatable bonds is 4. The Morgan fingerprint density at radius 1 is 1.36 bits per heavy atom. The highest BCUT2D eigenvalue weighted by molar-refractivity contribution is 5.83. The second-order valence-corrected chi connectivity index (χ2v) is 7.10. The average molecular weight is 340 g/mol. The van der Waals surface area contributed by atoms with Gasteiger partial charge in [-0.05, 0) is 60.5 Å². The molecule has 4 heteroatoms. The fourth-order valence-electron chi connectivity index (χ4n) is 4.48. The van der Waals surface area contributed by atoms with Crippen LogP contribution in [0.4, 0.5) is 0 Å². The summed E-state index contributed by atoms with van der Waals surface area (Å²) in [7, 11) is 0. The first-order valence-corrected chi connectivity index (χ1v) is 8.74. The predicted octanol–water partition coefficient (Wildman–Crippen LogP) is 3.29. The summed E-state index contributed by atoms with van der Waals surface area (Å²) in [5.74, 6) is 1.19. The molecule has 5 atom stereocenters.